The molecule has 6 nitrogen and oxygen atoms in total. The fourth-order valence-corrected chi connectivity index (χ4v) is 7.00. The van der Waals surface area contributed by atoms with Gasteiger partial charge in [-0.1, -0.05) is 167 Å². The zero-order chi connectivity index (χ0) is 40.4. The Balaban J connectivity index is 1.15. The van der Waals surface area contributed by atoms with E-state index in [1.165, 1.54) is 33.4 Å². The van der Waals surface area contributed by atoms with Gasteiger partial charge in [0.1, 0.15) is 17.2 Å². The van der Waals surface area contributed by atoms with Crippen molar-refractivity contribution in [2.75, 3.05) is 0 Å². The van der Waals surface area contributed by atoms with Crippen molar-refractivity contribution in [2.45, 2.75) is 78.6 Å². The minimum atomic E-state index is -0.197. The third-order valence-electron chi connectivity index (χ3n) is 11.2. The molecule has 0 N–H and O–H groups in total. The van der Waals surface area contributed by atoms with Gasteiger partial charge in [0, 0.05) is 16.2 Å². The van der Waals surface area contributed by atoms with Gasteiger partial charge >= 0.3 is 18.0 Å². The van der Waals surface area contributed by atoms with Gasteiger partial charge in [-0.15, -0.1) is 15.0 Å². The predicted molar refractivity (Wildman–Crippen MR) is 229 cm³/mol. The van der Waals surface area contributed by atoms with Crippen molar-refractivity contribution in [3.63, 3.8) is 0 Å². The third kappa shape index (κ3) is 8.76. The molecule has 0 atom stereocenters. The van der Waals surface area contributed by atoms with Gasteiger partial charge in [-0.2, -0.15) is 0 Å². The predicted octanol–water partition coefficient (Wildman–Crippen LogP) is 13.2. The maximum atomic E-state index is 6.24. The molecule has 288 valence electrons. The number of hydrogen-bond acceptors (Lipinski definition) is 6. The third-order valence-corrected chi connectivity index (χ3v) is 11.2. The molecule has 0 aliphatic carbocycles. The molecule has 7 rings (SSSR count). The summed E-state index contributed by atoms with van der Waals surface area (Å²) in [5.74, 6) is 1.73. The minimum Gasteiger partial charge on any atom is -0.424 e. The number of aromatic nitrogens is 3. The van der Waals surface area contributed by atoms with Gasteiger partial charge in [-0.3, -0.25) is 0 Å². The van der Waals surface area contributed by atoms with E-state index < -0.39 is 0 Å². The molecule has 0 radical (unpaired) electrons. The smallest absolute Gasteiger partial charge is 0.331 e. The Morgan fingerprint density at radius 1 is 0.281 bits per heavy atom. The molecule has 0 bridgehead atoms. The highest BCUT2D eigenvalue weighted by atomic mass is 16.5. The fraction of sp³-hybridized carbons (Fsp3) is 0.235. The molecule has 0 saturated carbocycles. The topological polar surface area (TPSA) is 66.4 Å². The Labute approximate surface area is 337 Å². The van der Waals surface area contributed by atoms with Gasteiger partial charge in [0.2, 0.25) is 0 Å². The largest absolute Gasteiger partial charge is 0.424 e. The highest BCUT2D eigenvalue weighted by molar-refractivity contribution is 5.44. The number of benzene rings is 6. The molecule has 0 fully saturated rings. The van der Waals surface area contributed by atoms with Gasteiger partial charge < -0.3 is 14.2 Å². The van der Waals surface area contributed by atoms with Crippen molar-refractivity contribution in [3.8, 4) is 35.3 Å². The van der Waals surface area contributed by atoms with Crippen LogP contribution in [0.5, 0.6) is 35.3 Å². The summed E-state index contributed by atoms with van der Waals surface area (Å²) < 4.78 is 18.7. The van der Waals surface area contributed by atoms with Crippen LogP contribution >= 0.6 is 0 Å². The minimum absolute atomic E-state index is 0.0507. The molecule has 0 aliphatic heterocycles. The Bertz CT molecular complexity index is 2140. The van der Waals surface area contributed by atoms with Crippen LogP contribution in [0.4, 0.5) is 0 Å². The van der Waals surface area contributed by atoms with Crippen LogP contribution in [0.2, 0.25) is 0 Å². The van der Waals surface area contributed by atoms with Gasteiger partial charge in [-0.25, -0.2) is 0 Å². The van der Waals surface area contributed by atoms with Gasteiger partial charge in [0.15, 0.2) is 0 Å². The summed E-state index contributed by atoms with van der Waals surface area (Å²) in [4.78, 5) is 13.7. The molecule has 0 saturated heterocycles. The van der Waals surface area contributed by atoms with E-state index in [2.05, 4.69) is 186 Å². The number of aryl methyl sites for hydroxylation is 3. The van der Waals surface area contributed by atoms with Crippen molar-refractivity contribution in [2.24, 2.45) is 0 Å². The first-order chi connectivity index (χ1) is 27.2. The summed E-state index contributed by atoms with van der Waals surface area (Å²) in [6, 6.07) is 50.2. The Hall–Kier alpha value is -6.27. The normalized spacial score (nSPS) is 11.9. The van der Waals surface area contributed by atoms with E-state index in [1.54, 1.807) is 0 Å². The van der Waals surface area contributed by atoms with E-state index in [0.717, 1.165) is 16.7 Å². The maximum absolute atomic E-state index is 6.24. The van der Waals surface area contributed by atoms with E-state index in [1.807, 2.05) is 36.4 Å². The first kappa shape index (κ1) is 39.0. The van der Waals surface area contributed by atoms with Crippen molar-refractivity contribution < 1.29 is 14.2 Å². The maximum Gasteiger partial charge on any atom is 0.331 e. The molecule has 0 unspecified atom stereocenters. The van der Waals surface area contributed by atoms with Crippen molar-refractivity contribution in [1.82, 2.24) is 15.0 Å². The van der Waals surface area contributed by atoms with Crippen molar-refractivity contribution in [1.29, 1.82) is 0 Å². The molecule has 7 aromatic rings. The summed E-state index contributed by atoms with van der Waals surface area (Å²) in [5.41, 5.74) is 10.3. The Kier molecular flexibility index (Phi) is 10.7. The van der Waals surface area contributed by atoms with Crippen molar-refractivity contribution >= 4 is 0 Å². The molecular formula is C51H51N3O3. The lowest BCUT2D eigenvalue weighted by molar-refractivity contribution is 0.362. The second-order valence-electron chi connectivity index (χ2n) is 16.5. The molecule has 1 aromatic heterocycles. The molecule has 1 heterocycles. The lowest BCUT2D eigenvalue weighted by atomic mass is 9.78. The second kappa shape index (κ2) is 15.7. The second-order valence-corrected chi connectivity index (χ2v) is 16.5. The van der Waals surface area contributed by atoms with Crippen LogP contribution in [0.25, 0.3) is 0 Å². The van der Waals surface area contributed by atoms with Crippen LogP contribution in [-0.4, -0.2) is 15.0 Å². The monoisotopic (exact) mass is 753 g/mol. The van der Waals surface area contributed by atoms with Crippen LogP contribution in [-0.2, 0) is 16.2 Å². The quantitative estimate of drug-likeness (QED) is 0.124. The van der Waals surface area contributed by atoms with Crippen LogP contribution in [0, 0.1) is 20.8 Å². The SMILES string of the molecule is Cc1ccc(C(C)(C)c2ccc(Oc3nc(Oc4ccc(C(C)(C)c5ccc(C)cc5)cc4)nc(Oc4ccc(C(C)(C)c5ccc(C)cc5)cc4)n3)cc2)cc1. The van der Waals surface area contributed by atoms with E-state index in [9.17, 15) is 0 Å². The fourth-order valence-electron chi connectivity index (χ4n) is 7.00. The highest BCUT2D eigenvalue weighted by Crippen LogP contribution is 2.37. The van der Waals surface area contributed by atoms with Crippen LogP contribution in [0.3, 0.4) is 0 Å². The first-order valence-electron chi connectivity index (χ1n) is 19.5. The number of nitrogens with zero attached hydrogens (tertiary/aromatic N) is 3. The van der Waals surface area contributed by atoms with E-state index in [0.29, 0.717) is 17.2 Å². The molecule has 6 heteroatoms. The summed E-state index contributed by atoms with van der Waals surface area (Å²) in [6.07, 6.45) is 0. The van der Waals surface area contributed by atoms with Crippen LogP contribution < -0.4 is 14.2 Å². The molecule has 6 aromatic carbocycles. The van der Waals surface area contributed by atoms with Gasteiger partial charge in [-0.05, 0) is 90.6 Å². The zero-order valence-electron chi connectivity index (χ0n) is 34.4. The first-order valence-corrected chi connectivity index (χ1v) is 19.5. The average Bonchev–Trinajstić information content (AvgIpc) is 3.19. The van der Waals surface area contributed by atoms with E-state index >= 15 is 0 Å². The molecule has 0 spiro atoms. The lowest BCUT2D eigenvalue weighted by Crippen LogP contribution is -2.18. The summed E-state index contributed by atoms with van der Waals surface area (Å²) >= 11 is 0. The standard InChI is InChI=1S/C51H51N3O3/c1-34-10-16-37(17-11-34)49(4,5)40-22-28-43(29-23-40)55-46-52-47(56-44-30-24-41(25-31-44)50(6,7)38-18-12-35(2)13-19-38)54-48(53-46)57-45-32-26-42(27-33-45)51(8,9)39-20-14-36(3)15-21-39/h10-33H,1-9H3. The summed E-state index contributed by atoms with van der Waals surface area (Å²) in [7, 11) is 0. The van der Waals surface area contributed by atoms with E-state index in [4.69, 9.17) is 14.2 Å². The Morgan fingerprint density at radius 2 is 0.456 bits per heavy atom. The molecule has 57 heavy (non-hydrogen) atoms. The van der Waals surface area contributed by atoms with Crippen LogP contribution in [0.15, 0.2) is 146 Å². The number of rotatable bonds is 12. The van der Waals surface area contributed by atoms with Gasteiger partial charge in [0.25, 0.3) is 0 Å². The van der Waals surface area contributed by atoms with Crippen LogP contribution in [0.1, 0.15) is 91.6 Å². The van der Waals surface area contributed by atoms with E-state index in [-0.39, 0.29) is 34.3 Å². The number of ether oxygens (including phenoxy) is 3. The zero-order valence-corrected chi connectivity index (χ0v) is 34.4. The Morgan fingerprint density at radius 3 is 0.649 bits per heavy atom. The van der Waals surface area contributed by atoms with Gasteiger partial charge in [0.05, 0.1) is 0 Å². The molecule has 0 amide bonds. The highest BCUT2D eigenvalue weighted by Gasteiger charge is 2.26. The summed E-state index contributed by atoms with van der Waals surface area (Å²) in [5, 5.41) is 0. The number of hydrogen-bond donors (Lipinski definition) is 0. The molecular weight excluding hydrogens is 703 g/mol. The summed E-state index contributed by atoms with van der Waals surface area (Å²) in [6.45, 7) is 19.6. The lowest BCUT2D eigenvalue weighted by Gasteiger charge is -2.26. The average molecular weight is 754 g/mol. The van der Waals surface area contributed by atoms with Crippen molar-refractivity contribution in [3.05, 3.63) is 196 Å². The molecule has 0 aliphatic rings.